The third-order valence-electron chi connectivity index (χ3n) is 7.37. The van der Waals surface area contributed by atoms with Gasteiger partial charge in [-0.2, -0.15) is 4.72 Å². The molecule has 0 radical (unpaired) electrons. The topological polar surface area (TPSA) is 159 Å². The quantitative estimate of drug-likeness (QED) is 0.380. The minimum absolute atomic E-state index is 0.0359. The Hall–Kier alpha value is -3.22. The molecule has 3 atom stereocenters. The van der Waals surface area contributed by atoms with E-state index < -0.39 is 33.9 Å². The van der Waals surface area contributed by atoms with Crippen LogP contribution in [0.5, 0.6) is 0 Å². The van der Waals surface area contributed by atoms with Gasteiger partial charge in [-0.1, -0.05) is 23.7 Å². The van der Waals surface area contributed by atoms with E-state index in [1.807, 2.05) is 0 Å². The van der Waals surface area contributed by atoms with Gasteiger partial charge < -0.3 is 20.9 Å². The van der Waals surface area contributed by atoms with Gasteiger partial charge in [0.1, 0.15) is 12.1 Å². The summed E-state index contributed by atoms with van der Waals surface area (Å²) in [6, 6.07) is 7.82. The molecule has 11 nitrogen and oxygen atoms in total. The van der Waals surface area contributed by atoms with Crippen molar-refractivity contribution < 1.29 is 27.6 Å². The summed E-state index contributed by atoms with van der Waals surface area (Å²) >= 11 is 6.01. The van der Waals surface area contributed by atoms with E-state index in [0.29, 0.717) is 42.8 Å². The number of nitrogens with one attached hydrogen (secondary N) is 2. The second kappa shape index (κ2) is 12.5. The minimum atomic E-state index is -3.99. The van der Waals surface area contributed by atoms with Gasteiger partial charge in [-0.15, -0.1) is 0 Å². The summed E-state index contributed by atoms with van der Waals surface area (Å²) in [5.41, 5.74) is 5.11. The number of rotatable bonds is 10. The number of nitrogens with two attached hydrogens (primary N) is 1. The molecule has 4 N–H and O–H groups in total. The zero-order valence-corrected chi connectivity index (χ0v) is 23.8. The summed E-state index contributed by atoms with van der Waals surface area (Å²) < 4.78 is 28.7. The summed E-state index contributed by atoms with van der Waals surface area (Å²) in [6.45, 7) is 2.69. The maximum absolute atomic E-state index is 13.3. The largest absolute Gasteiger partial charge is 0.370 e. The molecule has 4 rings (SSSR count). The molecule has 0 aliphatic carbocycles. The third kappa shape index (κ3) is 7.10. The van der Waals surface area contributed by atoms with Crippen LogP contribution in [-0.4, -0.2) is 79.6 Å². The molecular formula is C27H34ClN5O6S. The van der Waals surface area contributed by atoms with Crippen LogP contribution in [-0.2, 0) is 29.2 Å². The number of amides is 4. The van der Waals surface area contributed by atoms with Crippen LogP contribution in [0.1, 0.15) is 45.4 Å². The highest BCUT2D eigenvalue weighted by Gasteiger charge is 2.40. The Kier molecular flexibility index (Phi) is 9.32. The highest BCUT2D eigenvalue weighted by atomic mass is 35.5. The smallest absolute Gasteiger partial charge is 0.245 e. The first-order valence-corrected chi connectivity index (χ1v) is 15.2. The fourth-order valence-electron chi connectivity index (χ4n) is 5.23. The number of fused-ring (bicyclic) bond motifs is 1. The van der Waals surface area contributed by atoms with Crippen molar-refractivity contribution in [2.75, 3.05) is 19.6 Å². The predicted molar refractivity (Wildman–Crippen MR) is 150 cm³/mol. The molecule has 2 aromatic carbocycles. The minimum Gasteiger partial charge on any atom is -0.370 e. The molecule has 0 aromatic heterocycles. The van der Waals surface area contributed by atoms with Gasteiger partial charge in [-0.25, -0.2) is 8.42 Å². The summed E-state index contributed by atoms with van der Waals surface area (Å²) in [5, 5.41) is 4.95. The molecule has 2 aliphatic rings. The molecule has 2 aliphatic heterocycles. The Morgan fingerprint density at radius 2 is 1.80 bits per heavy atom. The number of piperidine rings is 1. The summed E-state index contributed by atoms with van der Waals surface area (Å²) in [7, 11) is -3.99. The van der Waals surface area contributed by atoms with Gasteiger partial charge in [0.2, 0.25) is 33.7 Å². The van der Waals surface area contributed by atoms with E-state index in [-0.39, 0.29) is 48.6 Å². The van der Waals surface area contributed by atoms with E-state index in [2.05, 4.69) is 10.0 Å². The van der Waals surface area contributed by atoms with Crippen molar-refractivity contribution in [2.24, 2.45) is 5.73 Å². The molecule has 3 unspecified atom stereocenters. The van der Waals surface area contributed by atoms with Crippen LogP contribution in [0.25, 0.3) is 10.8 Å². The molecule has 2 aromatic rings. The monoisotopic (exact) mass is 591 g/mol. The number of benzene rings is 2. The molecule has 0 bridgehead atoms. The van der Waals surface area contributed by atoms with E-state index in [9.17, 15) is 27.6 Å². The summed E-state index contributed by atoms with van der Waals surface area (Å²) in [5.74, 6) is -1.36. The molecule has 2 fully saturated rings. The van der Waals surface area contributed by atoms with Gasteiger partial charge in [-0.3, -0.25) is 19.2 Å². The van der Waals surface area contributed by atoms with Crippen molar-refractivity contribution in [3.63, 3.8) is 0 Å². The number of carbonyl (C=O) groups excluding carboxylic acids is 4. The van der Waals surface area contributed by atoms with Crippen molar-refractivity contribution in [1.29, 1.82) is 0 Å². The Balaban J connectivity index is 1.34. The highest BCUT2D eigenvalue weighted by Crippen LogP contribution is 2.24. The number of primary amides is 1. The standard InChI is InChI=1S/C27H34ClN5O6S/c1-17(26(36)32-12-3-4-21(16-32)30-25(35)6-2-5-24(29)34)33-13-11-23(27(33)37)31-40(38,39)22-10-8-18-14-20(28)9-7-19(18)15-22/h7-10,14-15,17,21,23,31H,2-6,11-13,16H2,1H3,(H2,29,34)(H,30,35). The van der Waals surface area contributed by atoms with E-state index in [1.165, 1.54) is 17.0 Å². The summed E-state index contributed by atoms with van der Waals surface area (Å²) in [6.07, 6.45) is 2.33. The fourth-order valence-corrected chi connectivity index (χ4v) is 6.67. The molecule has 0 spiro atoms. The van der Waals surface area contributed by atoms with E-state index in [4.69, 9.17) is 17.3 Å². The lowest BCUT2D eigenvalue weighted by atomic mass is 10.0. The number of sulfonamides is 1. The van der Waals surface area contributed by atoms with Crippen molar-refractivity contribution >= 4 is 56.0 Å². The highest BCUT2D eigenvalue weighted by molar-refractivity contribution is 7.89. The van der Waals surface area contributed by atoms with Gasteiger partial charge in [0.25, 0.3) is 0 Å². The number of carbonyl (C=O) groups is 4. The van der Waals surface area contributed by atoms with Crippen LogP contribution < -0.4 is 15.8 Å². The molecular weight excluding hydrogens is 558 g/mol. The van der Waals surface area contributed by atoms with Crippen LogP contribution >= 0.6 is 11.6 Å². The average Bonchev–Trinajstić information content (AvgIpc) is 3.26. The number of hydrogen-bond donors (Lipinski definition) is 3. The van der Waals surface area contributed by atoms with Gasteiger partial charge in [0, 0.05) is 43.5 Å². The molecule has 13 heteroatoms. The first-order valence-electron chi connectivity index (χ1n) is 13.3. The van der Waals surface area contributed by atoms with Crippen LogP contribution in [0.15, 0.2) is 41.3 Å². The van der Waals surface area contributed by atoms with Crippen molar-refractivity contribution in [1.82, 2.24) is 19.8 Å². The Morgan fingerprint density at radius 1 is 1.07 bits per heavy atom. The van der Waals surface area contributed by atoms with Gasteiger partial charge >= 0.3 is 0 Å². The lowest BCUT2D eigenvalue weighted by Gasteiger charge is -2.36. The van der Waals surface area contributed by atoms with Crippen LogP contribution in [0.3, 0.4) is 0 Å². The summed E-state index contributed by atoms with van der Waals surface area (Å²) in [4.78, 5) is 52.6. The Labute approximate surface area is 238 Å². The first-order chi connectivity index (χ1) is 18.9. The molecule has 0 saturated carbocycles. The lowest BCUT2D eigenvalue weighted by Crippen LogP contribution is -2.55. The molecule has 2 heterocycles. The van der Waals surface area contributed by atoms with E-state index in [1.54, 1.807) is 36.1 Å². The Bertz CT molecular complexity index is 1420. The Morgan fingerprint density at radius 3 is 2.55 bits per heavy atom. The number of nitrogens with zero attached hydrogens (tertiary/aromatic N) is 2. The number of halogens is 1. The third-order valence-corrected chi connectivity index (χ3v) is 9.08. The lowest BCUT2D eigenvalue weighted by molar-refractivity contribution is -0.144. The fraction of sp³-hybridized carbons (Fsp3) is 0.481. The van der Waals surface area contributed by atoms with Crippen molar-refractivity contribution in [3.05, 3.63) is 41.4 Å². The zero-order chi connectivity index (χ0) is 29.0. The van der Waals surface area contributed by atoms with Crippen LogP contribution in [0, 0.1) is 0 Å². The normalized spacial score (nSPS) is 20.5. The predicted octanol–water partition coefficient (Wildman–Crippen LogP) is 1.52. The second-order valence-corrected chi connectivity index (χ2v) is 12.5. The number of hydrogen-bond acceptors (Lipinski definition) is 6. The maximum atomic E-state index is 13.3. The van der Waals surface area contributed by atoms with E-state index in [0.717, 1.165) is 5.39 Å². The van der Waals surface area contributed by atoms with E-state index >= 15 is 0 Å². The molecule has 2 saturated heterocycles. The zero-order valence-electron chi connectivity index (χ0n) is 22.3. The second-order valence-electron chi connectivity index (χ2n) is 10.3. The van der Waals surface area contributed by atoms with Crippen molar-refractivity contribution in [3.8, 4) is 0 Å². The maximum Gasteiger partial charge on any atom is 0.245 e. The van der Waals surface area contributed by atoms with Gasteiger partial charge in [0.15, 0.2) is 0 Å². The van der Waals surface area contributed by atoms with Crippen LogP contribution in [0.4, 0.5) is 0 Å². The molecule has 4 amide bonds. The SMILES string of the molecule is CC(C(=O)N1CCCC(NC(=O)CCCC(N)=O)C1)N1CCC(NS(=O)(=O)c2ccc3cc(Cl)ccc3c2)C1=O. The van der Waals surface area contributed by atoms with Gasteiger partial charge in [0.05, 0.1) is 4.90 Å². The van der Waals surface area contributed by atoms with Crippen molar-refractivity contribution in [2.45, 2.75) is 68.5 Å². The average molecular weight is 592 g/mol. The van der Waals surface area contributed by atoms with Crippen LogP contribution in [0.2, 0.25) is 5.02 Å². The first kappa shape index (κ1) is 29.8. The molecule has 216 valence electrons. The van der Waals surface area contributed by atoms with Gasteiger partial charge in [-0.05, 0) is 67.6 Å². The number of likely N-dealkylation sites (tertiary alicyclic amines) is 2. The molecule has 40 heavy (non-hydrogen) atoms.